The van der Waals surface area contributed by atoms with Crippen LogP contribution in [-0.4, -0.2) is 12.3 Å². The first-order chi connectivity index (χ1) is 5.31. The Labute approximate surface area is 64.8 Å². The quantitative estimate of drug-likeness (QED) is 0.199. The number of carbonyl (C=O) groups is 1. The summed E-state index contributed by atoms with van der Waals surface area (Å²) in [7, 11) is 0. The van der Waals surface area contributed by atoms with E-state index in [4.69, 9.17) is 5.53 Å². The van der Waals surface area contributed by atoms with Crippen molar-refractivity contribution in [1.29, 1.82) is 0 Å². The molecule has 0 aliphatic heterocycles. The van der Waals surface area contributed by atoms with E-state index in [0.717, 1.165) is 0 Å². The number of hydrogen-bond donors (Lipinski definition) is 0. The van der Waals surface area contributed by atoms with Crippen LogP contribution in [0.4, 0.5) is 0 Å². The van der Waals surface area contributed by atoms with E-state index in [9.17, 15) is 4.79 Å². The van der Waals surface area contributed by atoms with Crippen LogP contribution in [0.3, 0.4) is 0 Å². The highest BCUT2D eigenvalue weighted by atomic mass is 16.1. The third kappa shape index (κ3) is 6.34. The lowest BCUT2D eigenvalue weighted by atomic mass is 10.3. The topological polar surface area (TPSA) is 65.8 Å². The van der Waals surface area contributed by atoms with Gasteiger partial charge in [0.2, 0.25) is 0 Å². The zero-order valence-corrected chi connectivity index (χ0v) is 6.27. The highest BCUT2D eigenvalue weighted by Crippen LogP contribution is 1.81. The second kappa shape index (κ2) is 6.58. The van der Waals surface area contributed by atoms with Gasteiger partial charge in [0.1, 0.15) is 0 Å². The highest BCUT2D eigenvalue weighted by Gasteiger charge is 1.89. The summed E-state index contributed by atoms with van der Waals surface area (Å²) < 4.78 is 0. The summed E-state index contributed by atoms with van der Waals surface area (Å²) in [6.45, 7) is 1.74. The molecule has 0 aliphatic rings. The molecule has 0 radical (unpaired) electrons. The molecule has 0 amide bonds. The van der Waals surface area contributed by atoms with E-state index in [1.54, 1.807) is 18.2 Å². The van der Waals surface area contributed by atoms with E-state index in [0.29, 0.717) is 0 Å². The molecule has 0 unspecified atom stereocenters. The van der Waals surface area contributed by atoms with E-state index in [-0.39, 0.29) is 12.3 Å². The van der Waals surface area contributed by atoms with Crippen LogP contribution in [0.25, 0.3) is 10.4 Å². The molecule has 0 spiro atoms. The third-order valence-electron chi connectivity index (χ3n) is 0.875. The fraction of sp³-hybridized carbons (Fsp3) is 0.286. The Hall–Kier alpha value is -1.54. The predicted octanol–water partition coefficient (Wildman–Crippen LogP) is 2.00. The first kappa shape index (κ1) is 9.46. The zero-order valence-electron chi connectivity index (χ0n) is 6.27. The number of rotatable bonds is 4. The molecule has 4 nitrogen and oxygen atoms in total. The van der Waals surface area contributed by atoms with E-state index < -0.39 is 0 Å². The molecule has 58 valence electrons. The molecule has 0 aromatic heterocycles. The van der Waals surface area contributed by atoms with Crippen molar-refractivity contribution in [3.05, 3.63) is 34.7 Å². The summed E-state index contributed by atoms with van der Waals surface area (Å²) in [6, 6.07) is 0. The van der Waals surface area contributed by atoms with Gasteiger partial charge in [-0.2, -0.15) is 0 Å². The number of hydrogen-bond acceptors (Lipinski definition) is 2. The Kier molecular flexibility index (Phi) is 5.66. The predicted molar refractivity (Wildman–Crippen MR) is 43.0 cm³/mol. The number of carbonyl (C=O) groups excluding carboxylic acids is 1. The SMILES string of the molecule is CC=CC=CC(=O)CN=[N+]=[N-]. The zero-order chi connectivity index (χ0) is 8.53. The van der Waals surface area contributed by atoms with Gasteiger partial charge in [-0.1, -0.05) is 23.3 Å². The van der Waals surface area contributed by atoms with Gasteiger partial charge in [0, 0.05) is 4.91 Å². The fourth-order valence-electron chi connectivity index (χ4n) is 0.428. The Bertz CT molecular complexity index is 224. The van der Waals surface area contributed by atoms with Crippen molar-refractivity contribution in [3.8, 4) is 0 Å². The molecule has 0 bridgehead atoms. The smallest absolute Gasteiger partial charge is 0.161 e. The molecule has 0 fully saturated rings. The Morgan fingerprint density at radius 1 is 1.64 bits per heavy atom. The number of azide groups is 1. The minimum Gasteiger partial charge on any atom is -0.295 e. The van der Waals surface area contributed by atoms with Crippen LogP contribution in [0.15, 0.2) is 29.4 Å². The second-order valence-corrected chi connectivity index (χ2v) is 1.74. The lowest BCUT2D eigenvalue weighted by molar-refractivity contribution is -0.113. The lowest BCUT2D eigenvalue weighted by Gasteiger charge is -1.80. The summed E-state index contributed by atoms with van der Waals surface area (Å²) >= 11 is 0. The Morgan fingerprint density at radius 2 is 2.36 bits per heavy atom. The van der Waals surface area contributed by atoms with Crippen LogP contribution in [0.2, 0.25) is 0 Å². The standard InChI is InChI=1S/C7H9N3O/c1-2-3-4-5-7(11)6-9-10-8/h2-5H,6H2,1H3. The van der Waals surface area contributed by atoms with Gasteiger partial charge >= 0.3 is 0 Å². The first-order valence-corrected chi connectivity index (χ1v) is 3.14. The number of nitrogens with zero attached hydrogens (tertiary/aromatic N) is 3. The maximum Gasteiger partial charge on any atom is 0.161 e. The van der Waals surface area contributed by atoms with Crippen LogP contribution in [0.1, 0.15) is 6.92 Å². The maximum atomic E-state index is 10.7. The van der Waals surface area contributed by atoms with Crippen molar-refractivity contribution in [2.45, 2.75) is 6.92 Å². The van der Waals surface area contributed by atoms with Crippen molar-refractivity contribution in [3.63, 3.8) is 0 Å². The average molecular weight is 151 g/mol. The molecular weight excluding hydrogens is 142 g/mol. The van der Waals surface area contributed by atoms with Gasteiger partial charge in [-0.3, -0.25) is 4.79 Å². The first-order valence-electron chi connectivity index (χ1n) is 3.14. The van der Waals surface area contributed by atoms with Crippen molar-refractivity contribution >= 4 is 5.78 Å². The summed E-state index contributed by atoms with van der Waals surface area (Å²) in [5.41, 5.74) is 7.85. The molecule has 0 aromatic carbocycles. The van der Waals surface area contributed by atoms with Gasteiger partial charge in [0.15, 0.2) is 5.78 Å². The van der Waals surface area contributed by atoms with E-state index in [1.165, 1.54) is 6.08 Å². The monoisotopic (exact) mass is 151 g/mol. The van der Waals surface area contributed by atoms with Crippen LogP contribution >= 0.6 is 0 Å². The van der Waals surface area contributed by atoms with Crippen molar-refractivity contribution < 1.29 is 4.79 Å². The molecule has 4 heteroatoms. The molecule has 0 N–H and O–H groups in total. The highest BCUT2D eigenvalue weighted by molar-refractivity contribution is 5.91. The van der Waals surface area contributed by atoms with Crippen LogP contribution in [-0.2, 0) is 4.79 Å². The molecule has 11 heavy (non-hydrogen) atoms. The second-order valence-electron chi connectivity index (χ2n) is 1.74. The Morgan fingerprint density at radius 3 is 2.91 bits per heavy atom. The van der Waals surface area contributed by atoms with Crippen molar-refractivity contribution in [1.82, 2.24) is 0 Å². The molecular formula is C7H9N3O. The van der Waals surface area contributed by atoms with Gasteiger partial charge < -0.3 is 0 Å². The lowest BCUT2D eigenvalue weighted by Crippen LogP contribution is -1.94. The fourth-order valence-corrected chi connectivity index (χ4v) is 0.428. The molecule has 0 aliphatic carbocycles. The van der Waals surface area contributed by atoms with Crippen LogP contribution < -0.4 is 0 Å². The van der Waals surface area contributed by atoms with Gasteiger partial charge in [-0.25, -0.2) is 0 Å². The van der Waals surface area contributed by atoms with E-state index in [2.05, 4.69) is 10.0 Å². The van der Waals surface area contributed by atoms with Gasteiger partial charge in [-0.05, 0) is 18.5 Å². The molecule has 0 saturated carbocycles. The summed E-state index contributed by atoms with van der Waals surface area (Å²) in [5.74, 6) is -0.194. The third-order valence-corrected chi connectivity index (χ3v) is 0.875. The number of allylic oxidation sites excluding steroid dienone is 3. The van der Waals surface area contributed by atoms with E-state index in [1.807, 2.05) is 6.92 Å². The van der Waals surface area contributed by atoms with Gasteiger partial charge in [-0.15, -0.1) is 0 Å². The Balaban J connectivity index is 3.77. The number of ketones is 1. The molecule has 0 saturated heterocycles. The van der Waals surface area contributed by atoms with Crippen molar-refractivity contribution in [2.75, 3.05) is 6.54 Å². The molecule has 0 aromatic rings. The molecule has 0 heterocycles. The minimum atomic E-state index is -0.194. The van der Waals surface area contributed by atoms with E-state index >= 15 is 0 Å². The molecule has 0 atom stereocenters. The summed E-state index contributed by atoms with van der Waals surface area (Å²) in [4.78, 5) is 13.1. The van der Waals surface area contributed by atoms with Crippen LogP contribution in [0.5, 0.6) is 0 Å². The summed E-state index contributed by atoms with van der Waals surface area (Å²) in [5, 5.41) is 3.11. The largest absolute Gasteiger partial charge is 0.295 e. The minimum absolute atomic E-state index is 0.107. The summed E-state index contributed by atoms with van der Waals surface area (Å²) in [6.07, 6.45) is 6.51. The van der Waals surface area contributed by atoms with Gasteiger partial charge in [0.25, 0.3) is 0 Å². The molecule has 0 rings (SSSR count). The average Bonchev–Trinajstić information content (AvgIpc) is 2.01. The van der Waals surface area contributed by atoms with Crippen LogP contribution in [0, 0.1) is 0 Å². The normalized spacial score (nSPS) is 10.3. The maximum absolute atomic E-state index is 10.7. The van der Waals surface area contributed by atoms with Gasteiger partial charge in [0.05, 0.1) is 6.54 Å². The van der Waals surface area contributed by atoms with Crippen molar-refractivity contribution in [2.24, 2.45) is 5.11 Å².